The molecule has 20 heavy (non-hydrogen) atoms. The number of benzene rings is 1. The normalized spacial score (nSPS) is 22.8. The van der Waals surface area contributed by atoms with E-state index in [1.165, 1.54) is 0 Å². The quantitative estimate of drug-likeness (QED) is 0.802. The van der Waals surface area contributed by atoms with Gasteiger partial charge in [0.2, 0.25) is 0 Å². The molecule has 1 aromatic heterocycles. The summed E-state index contributed by atoms with van der Waals surface area (Å²) in [5.74, 6) is 2.62. The van der Waals surface area contributed by atoms with Crippen molar-refractivity contribution in [2.75, 3.05) is 11.5 Å². The predicted octanol–water partition coefficient (Wildman–Crippen LogP) is 2.73. The van der Waals surface area contributed by atoms with E-state index in [0.717, 1.165) is 41.2 Å². The number of nitrogens with zero attached hydrogens (tertiary/aromatic N) is 3. The first-order chi connectivity index (χ1) is 9.72. The molecule has 1 aliphatic rings. The van der Waals surface area contributed by atoms with Gasteiger partial charge in [-0.3, -0.25) is 4.21 Å². The summed E-state index contributed by atoms with van der Waals surface area (Å²) in [6, 6.07) is 7.94. The van der Waals surface area contributed by atoms with E-state index >= 15 is 0 Å². The zero-order valence-corrected chi connectivity index (χ0v) is 12.5. The second kappa shape index (κ2) is 5.55. The molecule has 3 rings (SSSR count). The molecule has 104 valence electrons. The number of imidazole rings is 1. The average Bonchev–Trinajstić information content (AvgIpc) is 2.85. The third-order valence-electron chi connectivity index (χ3n) is 3.73. The number of fused-ring (bicyclic) bond motifs is 1. The summed E-state index contributed by atoms with van der Waals surface area (Å²) >= 11 is 6.02. The monoisotopic (exact) mass is 307 g/mol. The summed E-state index contributed by atoms with van der Waals surface area (Å²) in [4.78, 5) is 4.55. The molecule has 0 radical (unpaired) electrons. The number of rotatable bonds is 2. The zero-order valence-electron chi connectivity index (χ0n) is 10.9. The molecule has 1 aliphatic heterocycles. The number of halogens is 1. The maximum Gasteiger partial charge on any atom is 0.125 e. The lowest BCUT2D eigenvalue weighted by atomic mass is 10.1. The highest BCUT2D eigenvalue weighted by Gasteiger charge is 2.23. The van der Waals surface area contributed by atoms with Crippen molar-refractivity contribution in [3.63, 3.8) is 0 Å². The highest BCUT2D eigenvalue weighted by Crippen LogP contribution is 2.29. The van der Waals surface area contributed by atoms with Gasteiger partial charge in [-0.05, 0) is 31.0 Å². The lowest BCUT2D eigenvalue weighted by molar-refractivity contribution is 0.462. The maximum absolute atomic E-state index is 11.5. The minimum absolute atomic E-state index is 0.278. The second-order valence-electron chi connectivity index (χ2n) is 4.93. The van der Waals surface area contributed by atoms with Crippen LogP contribution in [0.1, 0.15) is 30.3 Å². The Morgan fingerprint density at radius 1 is 1.45 bits per heavy atom. The molecule has 1 fully saturated rings. The molecule has 6 heteroatoms. The third-order valence-corrected chi connectivity index (χ3v) is 5.35. The first-order valence-electron chi connectivity index (χ1n) is 6.55. The molecule has 0 spiro atoms. The Kier molecular flexibility index (Phi) is 3.77. The third kappa shape index (κ3) is 2.34. The Hall–Kier alpha value is -1.38. The lowest BCUT2D eigenvalue weighted by Gasteiger charge is -2.25. The molecular formula is C14H14ClN3OS. The predicted molar refractivity (Wildman–Crippen MR) is 80.2 cm³/mol. The van der Waals surface area contributed by atoms with E-state index < -0.39 is 10.8 Å². The molecule has 0 saturated carbocycles. The van der Waals surface area contributed by atoms with Crippen molar-refractivity contribution in [3.8, 4) is 6.07 Å². The molecule has 0 aliphatic carbocycles. The Labute approximate surface area is 124 Å². The van der Waals surface area contributed by atoms with Crippen LogP contribution in [0.2, 0.25) is 0 Å². The highest BCUT2D eigenvalue weighted by atomic mass is 35.5. The van der Waals surface area contributed by atoms with Crippen LogP contribution in [0.4, 0.5) is 0 Å². The van der Waals surface area contributed by atoms with Crippen molar-refractivity contribution in [1.82, 2.24) is 9.55 Å². The maximum atomic E-state index is 11.5. The van der Waals surface area contributed by atoms with Crippen LogP contribution in [0.3, 0.4) is 0 Å². The average molecular weight is 308 g/mol. The fourth-order valence-corrected chi connectivity index (χ4v) is 4.22. The topological polar surface area (TPSA) is 58.7 Å². The largest absolute Gasteiger partial charge is 0.324 e. The van der Waals surface area contributed by atoms with E-state index in [9.17, 15) is 4.21 Å². The Bertz CT molecular complexity index is 709. The van der Waals surface area contributed by atoms with E-state index in [-0.39, 0.29) is 6.04 Å². The van der Waals surface area contributed by atoms with Gasteiger partial charge in [-0.2, -0.15) is 5.26 Å². The molecule has 1 saturated heterocycles. The number of nitriles is 1. The fraction of sp³-hybridized carbons (Fsp3) is 0.429. The standard InChI is InChI=1S/C14H14ClN3OS/c15-8-14-17-12-2-1-10(9-16)7-13(12)18(14)11-3-5-20(19)6-4-11/h1-2,7,11H,3-6,8H2. The van der Waals surface area contributed by atoms with Crippen LogP contribution in [0.5, 0.6) is 0 Å². The Morgan fingerprint density at radius 3 is 2.85 bits per heavy atom. The summed E-state index contributed by atoms with van der Waals surface area (Å²) in [6.45, 7) is 0. The van der Waals surface area contributed by atoms with E-state index in [1.54, 1.807) is 6.07 Å². The van der Waals surface area contributed by atoms with Gasteiger partial charge in [-0.15, -0.1) is 11.6 Å². The summed E-state index contributed by atoms with van der Waals surface area (Å²) in [5, 5.41) is 9.05. The van der Waals surface area contributed by atoms with Crippen LogP contribution in [0.15, 0.2) is 18.2 Å². The lowest BCUT2D eigenvalue weighted by Crippen LogP contribution is -2.22. The smallest absolute Gasteiger partial charge is 0.125 e. The summed E-state index contributed by atoms with van der Waals surface area (Å²) in [7, 11) is -0.690. The number of hydrogen-bond acceptors (Lipinski definition) is 3. The molecule has 2 heterocycles. The van der Waals surface area contributed by atoms with Crippen molar-refractivity contribution in [2.45, 2.75) is 24.8 Å². The first kappa shape index (κ1) is 13.6. The van der Waals surface area contributed by atoms with Crippen LogP contribution >= 0.6 is 11.6 Å². The first-order valence-corrected chi connectivity index (χ1v) is 8.57. The SMILES string of the molecule is N#Cc1ccc2nc(CCl)n(C3CCS(=O)CC3)c2c1. The van der Waals surface area contributed by atoms with Gasteiger partial charge < -0.3 is 4.57 Å². The van der Waals surface area contributed by atoms with Crippen LogP contribution in [0.25, 0.3) is 11.0 Å². The molecule has 0 bridgehead atoms. The summed E-state index contributed by atoms with van der Waals surface area (Å²) in [6.07, 6.45) is 1.75. The van der Waals surface area contributed by atoms with Crippen molar-refractivity contribution >= 4 is 33.4 Å². The van der Waals surface area contributed by atoms with Gasteiger partial charge >= 0.3 is 0 Å². The molecular weight excluding hydrogens is 294 g/mol. The second-order valence-corrected chi connectivity index (χ2v) is 6.89. The zero-order chi connectivity index (χ0) is 14.1. The minimum Gasteiger partial charge on any atom is -0.324 e. The molecule has 1 aromatic carbocycles. The van der Waals surface area contributed by atoms with Crippen LogP contribution in [0, 0.1) is 11.3 Å². The summed E-state index contributed by atoms with van der Waals surface area (Å²) < 4.78 is 13.7. The molecule has 2 aromatic rings. The van der Waals surface area contributed by atoms with E-state index in [4.69, 9.17) is 16.9 Å². The fourth-order valence-electron chi connectivity index (χ4n) is 2.75. The van der Waals surface area contributed by atoms with Gasteiger partial charge in [-0.1, -0.05) is 0 Å². The van der Waals surface area contributed by atoms with Crippen LogP contribution in [-0.2, 0) is 16.7 Å². The van der Waals surface area contributed by atoms with E-state index in [1.807, 2.05) is 12.1 Å². The molecule has 4 nitrogen and oxygen atoms in total. The van der Waals surface area contributed by atoms with Gasteiger partial charge in [0.1, 0.15) is 5.82 Å². The highest BCUT2D eigenvalue weighted by molar-refractivity contribution is 7.85. The van der Waals surface area contributed by atoms with Crippen molar-refractivity contribution in [2.24, 2.45) is 0 Å². The van der Waals surface area contributed by atoms with Gasteiger partial charge in [0, 0.05) is 28.3 Å². The Balaban J connectivity index is 2.11. The summed E-state index contributed by atoms with van der Waals surface area (Å²) in [5.41, 5.74) is 2.45. The van der Waals surface area contributed by atoms with Gasteiger partial charge in [0.05, 0.1) is 28.5 Å². The van der Waals surface area contributed by atoms with Crippen molar-refractivity contribution < 1.29 is 4.21 Å². The number of alkyl halides is 1. The van der Waals surface area contributed by atoms with Gasteiger partial charge in [0.25, 0.3) is 0 Å². The number of aromatic nitrogens is 2. The van der Waals surface area contributed by atoms with Crippen molar-refractivity contribution in [3.05, 3.63) is 29.6 Å². The molecule has 0 unspecified atom stereocenters. The molecule has 0 atom stereocenters. The molecule has 0 amide bonds. The van der Waals surface area contributed by atoms with Crippen LogP contribution in [-0.4, -0.2) is 25.3 Å². The van der Waals surface area contributed by atoms with E-state index in [0.29, 0.717) is 11.4 Å². The van der Waals surface area contributed by atoms with Crippen LogP contribution < -0.4 is 0 Å². The Morgan fingerprint density at radius 2 is 2.20 bits per heavy atom. The van der Waals surface area contributed by atoms with Gasteiger partial charge in [0.15, 0.2) is 0 Å². The van der Waals surface area contributed by atoms with Crippen molar-refractivity contribution in [1.29, 1.82) is 5.26 Å². The van der Waals surface area contributed by atoms with Gasteiger partial charge in [-0.25, -0.2) is 4.98 Å². The minimum atomic E-state index is -0.690. The van der Waals surface area contributed by atoms with E-state index in [2.05, 4.69) is 15.6 Å². The molecule has 0 N–H and O–H groups in total. The number of hydrogen-bond donors (Lipinski definition) is 0.